The standard InChI is InChI=1S/C25H25N3O6S2/c1-13(29)16-19-25(2,9-10-34-24(33)14-7-5-4-6-8-14)17(18(23(31)32)28(19)21(16)30)15-11-27-12-26-20(35-3)22(27)36-15/h4-8,11-13,16,19,29H,9-10H2,1-3H3,(H,31,32)/t13?,16-,19-,25+/m1/s1. The minimum atomic E-state index is -1.21. The molecule has 1 amide bonds. The predicted octanol–water partition coefficient (Wildman–Crippen LogP) is 3.39. The number of ether oxygens (including phenoxy) is 1. The van der Waals surface area contributed by atoms with E-state index in [9.17, 15) is 24.6 Å². The molecule has 2 N–H and O–H groups in total. The number of carboxylic acid groups (broad SMARTS) is 1. The van der Waals surface area contributed by atoms with Crippen LogP contribution in [0.2, 0.25) is 0 Å². The molecule has 9 nitrogen and oxygen atoms in total. The second-order valence-electron chi connectivity index (χ2n) is 9.18. The van der Waals surface area contributed by atoms with Crippen LogP contribution in [0.15, 0.2) is 53.6 Å². The van der Waals surface area contributed by atoms with Crippen LogP contribution in [0.3, 0.4) is 0 Å². The van der Waals surface area contributed by atoms with E-state index in [0.717, 1.165) is 9.86 Å². The van der Waals surface area contributed by atoms with Crippen molar-refractivity contribution < 1.29 is 29.3 Å². The number of thioether (sulfide) groups is 1. The van der Waals surface area contributed by atoms with Crippen LogP contribution in [0.5, 0.6) is 0 Å². The van der Waals surface area contributed by atoms with Gasteiger partial charge in [-0.2, -0.15) is 0 Å². The molecule has 0 radical (unpaired) electrons. The van der Waals surface area contributed by atoms with Crippen LogP contribution in [0.25, 0.3) is 10.4 Å². The van der Waals surface area contributed by atoms with Gasteiger partial charge in [0.2, 0.25) is 5.91 Å². The van der Waals surface area contributed by atoms with Gasteiger partial charge in [-0.05, 0) is 31.7 Å². The van der Waals surface area contributed by atoms with E-state index in [1.54, 1.807) is 43.6 Å². The number of hydrogen-bond acceptors (Lipinski definition) is 8. The van der Waals surface area contributed by atoms with Crippen molar-refractivity contribution in [1.82, 2.24) is 14.3 Å². The minimum Gasteiger partial charge on any atom is -0.477 e. The Hall–Kier alpha value is -3.15. The van der Waals surface area contributed by atoms with Crippen molar-refractivity contribution in [2.75, 3.05) is 12.9 Å². The van der Waals surface area contributed by atoms with E-state index in [1.807, 2.05) is 23.8 Å². The Kier molecular flexibility index (Phi) is 6.17. The first-order chi connectivity index (χ1) is 17.2. The van der Waals surface area contributed by atoms with Crippen molar-refractivity contribution >= 4 is 51.3 Å². The predicted molar refractivity (Wildman–Crippen MR) is 135 cm³/mol. The van der Waals surface area contributed by atoms with E-state index in [-0.39, 0.29) is 18.7 Å². The Bertz CT molecular complexity index is 1400. The summed E-state index contributed by atoms with van der Waals surface area (Å²) < 4.78 is 7.40. The van der Waals surface area contributed by atoms with E-state index in [4.69, 9.17) is 4.74 Å². The molecule has 0 aliphatic carbocycles. The fourth-order valence-corrected chi connectivity index (χ4v) is 7.34. The number of aliphatic carboxylic acids is 1. The third kappa shape index (κ3) is 3.64. The lowest BCUT2D eigenvalue weighted by Gasteiger charge is -2.50. The van der Waals surface area contributed by atoms with Crippen molar-refractivity contribution in [1.29, 1.82) is 0 Å². The molecule has 0 bridgehead atoms. The molecule has 1 fully saturated rings. The van der Waals surface area contributed by atoms with Crippen LogP contribution in [0.4, 0.5) is 0 Å². The highest BCUT2D eigenvalue weighted by Crippen LogP contribution is 2.60. The number of aromatic nitrogens is 2. The number of amides is 1. The van der Waals surface area contributed by atoms with Crippen molar-refractivity contribution in [2.45, 2.75) is 37.4 Å². The van der Waals surface area contributed by atoms with E-state index in [1.165, 1.54) is 28.0 Å². The number of rotatable bonds is 8. The Balaban J connectivity index is 1.55. The summed E-state index contributed by atoms with van der Waals surface area (Å²) in [5.74, 6) is -2.85. The maximum absolute atomic E-state index is 13.0. The topological polar surface area (TPSA) is 121 Å². The first-order valence-electron chi connectivity index (χ1n) is 11.4. The smallest absolute Gasteiger partial charge is 0.352 e. The van der Waals surface area contributed by atoms with Gasteiger partial charge < -0.3 is 19.8 Å². The lowest BCUT2D eigenvalue weighted by Crippen LogP contribution is -2.66. The average Bonchev–Trinajstić information content (AvgIpc) is 3.48. The molecule has 2 aromatic heterocycles. The monoisotopic (exact) mass is 527 g/mol. The molecule has 1 aromatic carbocycles. The maximum Gasteiger partial charge on any atom is 0.352 e. The molecule has 0 spiro atoms. The molecule has 2 aliphatic rings. The Labute approximate surface area is 215 Å². The van der Waals surface area contributed by atoms with Crippen LogP contribution >= 0.6 is 23.1 Å². The summed E-state index contributed by atoms with van der Waals surface area (Å²) in [6.45, 7) is 3.45. The van der Waals surface area contributed by atoms with Gasteiger partial charge in [0.25, 0.3) is 0 Å². The first kappa shape index (κ1) is 24.5. The Morgan fingerprint density at radius 2 is 2.03 bits per heavy atom. The molecule has 0 saturated carbocycles. The van der Waals surface area contributed by atoms with E-state index >= 15 is 0 Å². The second kappa shape index (κ2) is 9.06. The number of carbonyl (C=O) groups excluding carboxylic acids is 2. The number of thiazole rings is 1. The third-order valence-electron chi connectivity index (χ3n) is 7.05. The molecule has 188 valence electrons. The number of aliphatic hydroxyl groups excluding tert-OH is 1. The molecule has 3 aromatic rings. The number of carbonyl (C=O) groups is 3. The third-order valence-corrected chi connectivity index (χ3v) is 8.99. The molecule has 1 saturated heterocycles. The van der Waals surface area contributed by atoms with E-state index < -0.39 is 41.3 Å². The fourth-order valence-electron chi connectivity index (χ4n) is 5.38. The van der Waals surface area contributed by atoms with E-state index in [0.29, 0.717) is 16.0 Å². The van der Waals surface area contributed by atoms with Crippen LogP contribution in [-0.2, 0) is 14.3 Å². The fraction of sp³-hybridized carbons (Fsp3) is 0.360. The van der Waals surface area contributed by atoms with Gasteiger partial charge in [-0.3, -0.25) is 9.20 Å². The normalized spacial score (nSPS) is 24.1. The van der Waals surface area contributed by atoms with E-state index in [2.05, 4.69) is 4.98 Å². The van der Waals surface area contributed by atoms with Crippen molar-refractivity contribution in [2.24, 2.45) is 11.3 Å². The van der Waals surface area contributed by atoms with Gasteiger partial charge in [0.15, 0.2) is 0 Å². The summed E-state index contributed by atoms with van der Waals surface area (Å²) in [6, 6.07) is 8.05. The number of hydrogen-bond donors (Lipinski definition) is 2. The molecular weight excluding hydrogens is 502 g/mol. The lowest BCUT2D eigenvalue weighted by molar-refractivity contribution is -0.167. The molecule has 2 aliphatic heterocycles. The van der Waals surface area contributed by atoms with Crippen LogP contribution < -0.4 is 0 Å². The first-order valence-corrected chi connectivity index (χ1v) is 13.5. The SMILES string of the molecule is CSc1ncn2cc(C3=C(C(=O)O)N4C(=O)[C@H](C(C)O)[C@@H]4[C@@]3(C)CCOC(=O)c3ccccc3)sc12. The summed E-state index contributed by atoms with van der Waals surface area (Å²) in [5.41, 5.74) is -0.0328. The molecule has 4 atom stereocenters. The van der Waals surface area contributed by atoms with Gasteiger partial charge in [0.05, 0.1) is 35.1 Å². The summed E-state index contributed by atoms with van der Waals surface area (Å²) in [5, 5.41) is 21.4. The number of aliphatic hydroxyl groups is 1. The number of imidazole rings is 1. The molecule has 11 heteroatoms. The van der Waals surface area contributed by atoms with Crippen molar-refractivity contribution in [3.05, 3.63) is 59.0 Å². The number of esters is 1. The van der Waals surface area contributed by atoms with Crippen LogP contribution in [0.1, 0.15) is 35.5 Å². The molecule has 36 heavy (non-hydrogen) atoms. The van der Waals surface area contributed by atoms with Gasteiger partial charge in [-0.25, -0.2) is 14.6 Å². The number of β-lactam (4-membered cyclic amide) rings is 1. The zero-order chi connectivity index (χ0) is 25.8. The largest absolute Gasteiger partial charge is 0.477 e. The Morgan fingerprint density at radius 1 is 1.31 bits per heavy atom. The zero-order valence-corrected chi connectivity index (χ0v) is 21.5. The molecular formula is C25H25N3O6S2. The summed E-state index contributed by atoms with van der Waals surface area (Å²) in [6.07, 6.45) is 4.74. The van der Waals surface area contributed by atoms with Crippen LogP contribution in [-0.4, -0.2) is 67.4 Å². The number of fused-ring (bicyclic) bond motifs is 2. The number of carboxylic acids is 1. The van der Waals surface area contributed by atoms with Gasteiger partial charge in [-0.15, -0.1) is 23.1 Å². The van der Waals surface area contributed by atoms with Crippen molar-refractivity contribution in [3.63, 3.8) is 0 Å². The zero-order valence-electron chi connectivity index (χ0n) is 19.9. The molecule has 4 heterocycles. The highest BCUT2D eigenvalue weighted by Gasteiger charge is 2.66. The molecule has 1 unspecified atom stereocenters. The van der Waals surface area contributed by atoms with Gasteiger partial charge in [0.1, 0.15) is 21.9 Å². The van der Waals surface area contributed by atoms with Gasteiger partial charge >= 0.3 is 11.9 Å². The highest BCUT2D eigenvalue weighted by atomic mass is 32.2. The Morgan fingerprint density at radius 3 is 2.67 bits per heavy atom. The maximum atomic E-state index is 13.0. The number of benzene rings is 1. The average molecular weight is 528 g/mol. The highest BCUT2D eigenvalue weighted by molar-refractivity contribution is 7.98. The summed E-state index contributed by atoms with van der Waals surface area (Å²) in [4.78, 5) is 45.3. The van der Waals surface area contributed by atoms with Gasteiger partial charge in [0, 0.05) is 17.2 Å². The summed E-state index contributed by atoms with van der Waals surface area (Å²) >= 11 is 2.90. The minimum absolute atomic E-state index is 0.0214. The van der Waals surface area contributed by atoms with Crippen molar-refractivity contribution in [3.8, 4) is 0 Å². The summed E-state index contributed by atoms with van der Waals surface area (Å²) in [7, 11) is 0. The molecule has 5 rings (SSSR count). The van der Waals surface area contributed by atoms with Crippen LogP contribution in [0, 0.1) is 11.3 Å². The lowest BCUT2D eigenvalue weighted by atomic mass is 9.65. The number of nitrogens with zero attached hydrogens (tertiary/aromatic N) is 3. The second-order valence-corrected chi connectivity index (χ2v) is 11.0. The van der Waals surface area contributed by atoms with Gasteiger partial charge in [-0.1, -0.05) is 25.1 Å². The quantitative estimate of drug-likeness (QED) is 0.260.